The van der Waals surface area contributed by atoms with Crippen molar-refractivity contribution >= 4 is 58.4 Å². The average Bonchev–Trinajstić information content (AvgIpc) is 3.56. The summed E-state index contributed by atoms with van der Waals surface area (Å²) in [5, 5.41) is 36.5. The molecule has 1 saturated heterocycles. The predicted octanol–water partition coefficient (Wildman–Crippen LogP) is 0.284. The molecule has 1 aromatic carbocycles. The van der Waals surface area contributed by atoms with Crippen molar-refractivity contribution in [2.45, 2.75) is 122 Å². The van der Waals surface area contributed by atoms with Crippen molar-refractivity contribution < 1.29 is 43.8 Å². The molecule has 332 valence electrons. The number of nitrogens with zero attached hydrogens (tertiary/aromatic N) is 2. The third-order valence-corrected chi connectivity index (χ3v) is 10.1. The highest BCUT2D eigenvalue weighted by atomic mass is 16.4. The zero-order chi connectivity index (χ0) is 44.7. The summed E-state index contributed by atoms with van der Waals surface area (Å²) in [6, 6.07) is -3.15. The maximum Gasteiger partial charge on any atom is 0.326 e. The van der Waals surface area contributed by atoms with E-state index in [4.69, 9.17) is 11.5 Å². The standard InChI is InChI=1S/C40H63N11O9/c1-21(2)16-31-37(57)51(6)32(17-22(3)4)36(56)47-30(18-24-20-45-27-13-12-25(52)19-26(24)27)34(54)43-14-8-7-10-28(35(55)46-23(5)33(53)48-31)49-40(60)50-29(38(58)59)11-9-15-44-39(41)42/h12-13,19-23,28-32,45,52H,7-11,14-18H2,1-6H3,(H,43,54)(H,46,55)(H,47,56)(H,48,53)(H,58,59)(H4,41,42,44)(H2,49,50,60)/t23-,28+,29-,30-,31?,32?/m0/s1. The number of hydrogen-bond donors (Lipinski definition) is 11. The third-order valence-electron chi connectivity index (χ3n) is 10.1. The summed E-state index contributed by atoms with van der Waals surface area (Å²) < 4.78 is 0. The van der Waals surface area contributed by atoms with Crippen LogP contribution in [0.15, 0.2) is 29.4 Å². The largest absolute Gasteiger partial charge is 0.508 e. The van der Waals surface area contributed by atoms with E-state index in [1.807, 2.05) is 27.7 Å². The van der Waals surface area contributed by atoms with Gasteiger partial charge in [-0.2, -0.15) is 0 Å². The Morgan fingerprint density at radius 3 is 2.27 bits per heavy atom. The van der Waals surface area contributed by atoms with Gasteiger partial charge in [0.05, 0.1) is 0 Å². The molecule has 0 spiro atoms. The molecule has 13 N–H and O–H groups in total. The number of aromatic nitrogens is 1. The molecular formula is C40H63N11O9. The number of phenols is 1. The summed E-state index contributed by atoms with van der Waals surface area (Å²) in [6.07, 6.45) is 3.03. The summed E-state index contributed by atoms with van der Waals surface area (Å²) in [5.74, 6) is -4.64. The number of nitrogens with one attached hydrogen (secondary N) is 7. The van der Waals surface area contributed by atoms with Crippen molar-refractivity contribution in [1.82, 2.24) is 41.8 Å². The number of likely N-dealkylation sites (N-methyl/N-ethyl adjacent to an activating group) is 1. The van der Waals surface area contributed by atoms with Crippen LogP contribution in [-0.4, -0.2) is 124 Å². The first-order valence-electron chi connectivity index (χ1n) is 20.4. The number of fused-ring (bicyclic) bond motifs is 1. The molecule has 3 rings (SSSR count). The molecular weight excluding hydrogens is 779 g/mol. The number of nitrogens with two attached hydrogens (primary N) is 2. The van der Waals surface area contributed by atoms with Gasteiger partial charge in [-0.15, -0.1) is 0 Å². The van der Waals surface area contributed by atoms with Gasteiger partial charge in [-0.3, -0.25) is 29.0 Å². The number of amides is 7. The lowest BCUT2D eigenvalue weighted by Gasteiger charge is -2.33. The molecule has 0 aliphatic carbocycles. The number of phenolic OH excluding ortho intramolecular Hbond substituents is 1. The highest BCUT2D eigenvalue weighted by Crippen LogP contribution is 2.24. The Hall–Kier alpha value is -6.08. The number of aliphatic carboxylic acids is 1. The molecule has 1 fully saturated rings. The molecule has 20 nitrogen and oxygen atoms in total. The van der Waals surface area contributed by atoms with Gasteiger partial charge in [0.25, 0.3) is 0 Å². The topological polar surface area (TPSA) is 316 Å². The molecule has 2 aromatic rings. The van der Waals surface area contributed by atoms with Crippen LogP contribution in [0.1, 0.15) is 85.1 Å². The van der Waals surface area contributed by atoms with E-state index in [0.29, 0.717) is 22.9 Å². The van der Waals surface area contributed by atoms with Crippen LogP contribution in [0.2, 0.25) is 0 Å². The van der Waals surface area contributed by atoms with Gasteiger partial charge < -0.3 is 63.5 Å². The van der Waals surface area contributed by atoms with E-state index >= 15 is 0 Å². The normalized spacial score (nSPS) is 22.1. The molecule has 0 bridgehead atoms. The second kappa shape index (κ2) is 22.9. The van der Waals surface area contributed by atoms with Gasteiger partial charge in [-0.1, -0.05) is 27.7 Å². The number of carboxylic acid groups (broad SMARTS) is 1. The summed E-state index contributed by atoms with van der Waals surface area (Å²) in [5.41, 5.74) is 12.0. The zero-order valence-corrected chi connectivity index (χ0v) is 35.3. The molecule has 1 aliphatic heterocycles. The number of H-pyrrole nitrogens is 1. The van der Waals surface area contributed by atoms with Crippen molar-refractivity contribution in [3.8, 4) is 5.75 Å². The minimum absolute atomic E-state index is 0.0127. The number of aromatic hydroxyl groups is 1. The molecule has 2 heterocycles. The monoisotopic (exact) mass is 841 g/mol. The Kier molecular flexibility index (Phi) is 18.4. The average molecular weight is 842 g/mol. The second-order valence-corrected chi connectivity index (χ2v) is 16.1. The van der Waals surface area contributed by atoms with E-state index in [2.05, 4.69) is 41.9 Å². The first-order valence-corrected chi connectivity index (χ1v) is 20.4. The highest BCUT2D eigenvalue weighted by molar-refractivity contribution is 5.97. The van der Waals surface area contributed by atoms with E-state index < -0.39 is 77.8 Å². The molecule has 20 heteroatoms. The van der Waals surface area contributed by atoms with E-state index in [-0.39, 0.29) is 81.6 Å². The Morgan fingerprint density at radius 2 is 1.62 bits per heavy atom. The number of carboxylic acids is 1. The van der Waals surface area contributed by atoms with Crippen LogP contribution < -0.4 is 43.4 Å². The molecule has 0 radical (unpaired) electrons. The maximum absolute atomic E-state index is 14.2. The number of aliphatic imine (C=N–C) groups is 1. The summed E-state index contributed by atoms with van der Waals surface area (Å²) in [4.78, 5) is 103. The fraction of sp³-hybridized carbons (Fsp3) is 0.600. The fourth-order valence-electron chi connectivity index (χ4n) is 6.88. The van der Waals surface area contributed by atoms with E-state index in [1.54, 1.807) is 18.3 Å². The highest BCUT2D eigenvalue weighted by Gasteiger charge is 2.36. The lowest BCUT2D eigenvalue weighted by Crippen LogP contribution is -2.59. The summed E-state index contributed by atoms with van der Waals surface area (Å²) >= 11 is 0. The number of carbonyl (C=O) groups is 7. The molecule has 60 heavy (non-hydrogen) atoms. The van der Waals surface area contributed by atoms with Gasteiger partial charge >= 0.3 is 12.0 Å². The van der Waals surface area contributed by atoms with Crippen LogP contribution >= 0.6 is 0 Å². The van der Waals surface area contributed by atoms with Gasteiger partial charge in [0.1, 0.15) is 42.0 Å². The first-order chi connectivity index (χ1) is 28.3. The van der Waals surface area contributed by atoms with Crippen LogP contribution in [0.3, 0.4) is 0 Å². The maximum atomic E-state index is 14.2. The number of aromatic amines is 1. The summed E-state index contributed by atoms with van der Waals surface area (Å²) in [6.45, 7) is 9.19. The Morgan fingerprint density at radius 1 is 0.933 bits per heavy atom. The molecule has 0 saturated carbocycles. The molecule has 7 amide bonds. The number of urea groups is 1. The van der Waals surface area contributed by atoms with Crippen molar-refractivity contribution in [3.05, 3.63) is 30.0 Å². The van der Waals surface area contributed by atoms with Crippen LogP contribution in [0.4, 0.5) is 4.79 Å². The Labute approximate surface area is 349 Å². The van der Waals surface area contributed by atoms with Crippen LogP contribution in [0.5, 0.6) is 5.75 Å². The predicted molar refractivity (Wildman–Crippen MR) is 224 cm³/mol. The van der Waals surface area contributed by atoms with E-state index in [9.17, 15) is 43.8 Å². The van der Waals surface area contributed by atoms with Gasteiger partial charge in [-0.05, 0) is 87.5 Å². The van der Waals surface area contributed by atoms with Crippen molar-refractivity contribution in [2.24, 2.45) is 28.3 Å². The molecule has 2 unspecified atom stereocenters. The quantitative estimate of drug-likeness (QED) is 0.0740. The fourth-order valence-corrected chi connectivity index (χ4v) is 6.88. The summed E-state index contributed by atoms with van der Waals surface area (Å²) in [7, 11) is 1.47. The molecule has 1 aromatic heterocycles. The minimum Gasteiger partial charge on any atom is -0.508 e. The lowest BCUT2D eigenvalue weighted by atomic mass is 9.97. The number of rotatable bonds is 13. The first kappa shape index (κ1) is 48.3. The van der Waals surface area contributed by atoms with Crippen LogP contribution in [0.25, 0.3) is 10.9 Å². The zero-order valence-electron chi connectivity index (χ0n) is 35.3. The number of benzene rings is 1. The van der Waals surface area contributed by atoms with Crippen LogP contribution in [-0.2, 0) is 35.2 Å². The molecule has 6 atom stereocenters. The minimum atomic E-state index is -1.33. The van der Waals surface area contributed by atoms with Crippen molar-refractivity contribution in [3.63, 3.8) is 0 Å². The smallest absolute Gasteiger partial charge is 0.326 e. The Balaban J connectivity index is 1.95. The van der Waals surface area contributed by atoms with Crippen LogP contribution in [0, 0.1) is 11.8 Å². The van der Waals surface area contributed by atoms with Gasteiger partial charge in [0.15, 0.2) is 5.96 Å². The molecule has 1 aliphatic rings. The van der Waals surface area contributed by atoms with E-state index in [0.717, 1.165) is 0 Å². The number of guanidine groups is 1. The second-order valence-electron chi connectivity index (χ2n) is 16.1. The van der Waals surface area contributed by atoms with E-state index in [1.165, 1.54) is 24.9 Å². The van der Waals surface area contributed by atoms with Gasteiger partial charge in [0, 0.05) is 43.7 Å². The number of carbonyl (C=O) groups excluding carboxylic acids is 6. The van der Waals surface area contributed by atoms with Crippen molar-refractivity contribution in [2.75, 3.05) is 20.1 Å². The number of hydrogen-bond acceptors (Lipinski definition) is 9. The third kappa shape index (κ3) is 14.9. The Bertz CT molecular complexity index is 1860. The lowest BCUT2D eigenvalue weighted by molar-refractivity contribution is -0.143. The van der Waals surface area contributed by atoms with Gasteiger partial charge in [-0.25, -0.2) is 9.59 Å². The van der Waals surface area contributed by atoms with Crippen molar-refractivity contribution in [1.29, 1.82) is 0 Å². The SMILES string of the molecule is CC(C)CC1NC(=O)[C@H](C)NC(=O)[C@H](NC(=O)N[C@@H](CCCN=C(N)N)C(=O)O)CCCCNC(=O)[C@H](Cc2c[nH]c3ccc(O)cc23)NC(=O)C(CC(C)C)N(C)C1=O. The van der Waals surface area contributed by atoms with Gasteiger partial charge in [0.2, 0.25) is 29.5 Å².